The van der Waals surface area contributed by atoms with Gasteiger partial charge in [0.2, 0.25) is 0 Å². The third kappa shape index (κ3) is 1.45. The van der Waals surface area contributed by atoms with Crippen LogP contribution in [-0.4, -0.2) is 10.9 Å². The summed E-state index contributed by atoms with van der Waals surface area (Å²) in [5.74, 6) is 0. The van der Waals surface area contributed by atoms with E-state index >= 15 is 0 Å². The first-order valence-electron chi connectivity index (χ1n) is 5.34. The van der Waals surface area contributed by atoms with Gasteiger partial charge in [-0.15, -0.1) is 0 Å². The second-order valence-electron chi connectivity index (χ2n) is 4.04. The molecular weight excluding hydrogens is 222 g/mol. The summed E-state index contributed by atoms with van der Waals surface area (Å²) in [5.41, 5.74) is 3.98. The molecule has 0 N–H and O–H groups in total. The molecule has 3 heteroatoms. The van der Waals surface area contributed by atoms with Crippen LogP contribution in [-0.2, 0) is 6.54 Å². The Kier molecular flexibility index (Phi) is 2.76. The van der Waals surface area contributed by atoms with Crippen LogP contribution in [0.3, 0.4) is 0 Å². The van der Waals surface area contributed by atoms with Crippen molar-refractivity contribution in [3.05, 3.63) is 34.0 Å². The number of aromatic nitrogens is 1. The van der Waals surface area contributed by atoms with E-state index in [1.54, 1.807) is 0 Å². The second kappa shape index (κ2) is 3.95. The molecule has 0 bridgehead atoms. The standard InChI is InChI=1S/C13H14ClNO/c1-4-15-12-9(3)5-8(2)6-10(12)11(7-16)13(15)14/h5-7H,4H2,1-3H3. The highest BCUT2D eigenvalue weighted by atomic mass is 35.5. The molecule has 0 aliphatic rings. The predicted molar refractivity (Wildman–Crippen MR) is 67.5 cm³/mol. The zero-order chi connectivity index (χ0) is 11.9. The fraction of sp³-hybridized carbons (Fsp3) is 0.308. The Morgan fingerprint density at radius 2 is 2.06 bits per heavy atom. The van der Waals surface area contributed by atoms with E-state index in [9.17, 15) is 4.79 Å². The number of hydrogen-bond acceptors (Lipinski definition) is 1. The number of nitrogens with zero attached hydrogens (tertiary/aromatic N) is 1. The van der Waals surface area contributed by atoms with E-state index in [4.69, 9.17) is 11.6 Å². The minimum Gasteiger partial charge on any atom is -0.331 e. The van der Waals surface area contributed by atoms with E-state index in [1.165, 1.54) is 0 Å². The maximum Gasteiger partial charge on any atom is 0.153 e. The molecule has 0 aliphatic carbocycles. The summed E-state index contributed by atoms with van der Waals surface area (Å²) >= 11 is 6.21. The van der Waals surface area contributed by atoms with Gasteiger partial charge in [-0.2, -0.15) is 0 Å². The zero-order valence-electron chi connectivity index (χ0n) is 9.67. The Hall–Kier alpha value is -1.28. The Bertz CT molecular complexity index is 569. The van der Waals surface area contributed by atoms with Crippen LogP contribution in [0.2, 0.25) is 5.15 Å². The average Bonchev–Trinajstić information content (AvgIpc) is 2.49. The molecule has 1 heterocycles. The number of carbonyl (C=O) groups excluding carboxylic acids is 1. The molecule has 0 saturated heterocycles. The SMILES string of the molecule is CCn1c(Cl)c(C=O)c2cc(C)cc(C)c21. The number of aldehydes is 1. The largest absolute Gasteiger partial charge is 0.331 e. The van der Waals surface area contributed by atoms with Gasteiger partial charge < -0.3 is 4.57 Å². The summed E-state index contributed by atoms with van der Waals surface area (Å²) in [5, 5.41) is 1.50. The van der Waals surface area contributed by atoms with Gasteiger partial charge in [-0.3, -0.25) is 4.79 Å². The van der Waals surface area contributed by atoms with Crippen LogP contribution in [0.4, 0.5) is 0 Å². The Balaban J connectivity index is 3.00. The molecule has 0 unspecified atom stereocenters. The van der Waals surface area contributed by atoms with E-state index in [0.29, 0.717) is 10.7 Å². The number of aryl methyl sites for hydroxylation is 3. The number of benzene rings is 1. The first kappa shape index (κ1) is 11.2. The number of rotatable bonds is 2. The summed E-state index contributed by atoms with van der Waals surface area (Å²) < 4.78 is 1.98. The van der Waals surface area contributed by atoms with E-state index in [2.05, 4.69) is 6.07 Å². The van der Waals surface area contributed by atoms with Gasteiger partial charge in [-0.1, -0.05) is 23.2 Å². The highest BCUT2D eigenvalue weighted by Crippen LogP contribution is 2.31. The van der Waals surface area contributed by atoms with Gasteiger partial charge in [0.15, 0.2) is 6.29 Å². The Morgan fingerprint density at radius 3 is 2.62 bits per heavy atom. The molecule has 2 nitrogen and oxygen atoms in total. The van der Waals surface area contributed by atoms with Crippen LogP contribution in [0.25, 0.3) is 10.9 Å². The van der Waals surface area contributed by atoms with Crippen LogP contribution in [0.15, 0.2) is 12.1 Å². The summed E-state index contributed by atoms with van der Waals surface area (Å²) in [6, 6.07) is 4.13. The number of carbonyl (C=O) groups is 1. The van der Waals surface area contributed by atoms with E-state index in [-0.39, 0.29) is 0 Å². The molecule has 84 valence electrons. The fourth-order valence-electron chi connectivity index (χ4n) is 2.29. The first-order valence-corrected chi connectivity index (χ1v) is 5.72. The van der Waals surface area contributed by atoms with E-state index in [0.717, 1.165) is 34.9 Å². The topological polar surface area (TPSA) is 22.0 Å². The molecule has 0 aliphatic heterocycles. The van der Waals surface area contributed by atoms with Crippen molar-refractivity contribution >= 4 is 28.8 Å². The molecule has 16 heavy (non-hydrogen) atoms. The average molecular weight is 236 g/mol. The van der Waals surface area contributed by atoms with Gasteiger partial charge in [-0.25, -0.2) is 0 Å². The molecule has 0 amide bonds. The maximum atomic E-state index is 11.1. The van der Waals surface area contributed by atoms with Gasteiger partial charge in [0.05, 0.1) is 11.1 Å². The van der Waals surface area contributed by atoms with Crippen molar-refractivity contribution in [1.29, 1.82) is 0 Å². The molecule has 0 fully saturated rings. The van der Waals surface area contributed by atoms with Crippen LogP contribution in [0.5, 0.6) is 0 Å². The normalized spacial score (nSPS) is 11.0. The lowest BCUT2D eigenvalue weighted by Crippen LogP contribution is -1.95. The molecule has 0 atom stereocenters. The first-order chi connectivity index (χ1) is 7.60. The summed E-state index contributed by atoms with van der Waals surface area (Å²) in [6.45, 7) is 6.87. The lowest BCUT2D eigenvalue weighted by Gasteiger charge is -2.06. The lowest BCUT2D eigenvalue weighted by atomic mass is 10.1. The third-order valence-electron chi connectivity index (χ3n) is 2.90. The van der Waals surface area contributed by atoms with Gasteiger partial charge >= 0.3 is 0 Å². The Morgan fingerprint density at radius 1 is 1.38 bits per heavy atom. The minimum atomic E-state index is 0.543. The molecular formula is C13H14ClNO. The molecule has 0 spiro atoms. The van der Waals surface area contributed by atoms with Crippen molar-refractivity contribution in [2.24, 2.45) is 0 Å². The highest BCUT2D eigenvalue weighted by molar-refractivity contribution is 6.34. The third-order valence-corrected chi connectivity index (χ3v) is 3.31. The lowest BCUT2D eigenvalue weighted by molar-refractivity contribution is 0.112. The van der Waals surface area contributed by atoms with Crippen LogP contribution in [0.1, 0.15) is 28.4 Å². The van der Waals surface area contributed by atoms with Crippen LogP contribution < -0.4 is 0 Å². The van der Waals surface area contributed by atoms with Crippen molar-refractivity contribution in [3.8, 4) is 0 Å². The van der Waals surface area contributed by atoms with Crippen molar-refractivity contribution in [2.75, 3.05) is 0 Å². The Labute approximate surface area is 99.8 Å². The van der Waals surface area contributed by atoms with Crippen LogP contribution in [0, 0.1) is 13.8 Å². The molecule has 0 radical (unpaired) electrons. The predicted octanol–water partition coefficient (Wildman–Crippen LogP) is 3.74. The summed E-state index contributed by atoms with van der Waals surface area (Å²) in [7, 11) is 0. The van der Waals surface area contributed by atoms with E-state index < -0.39 is 0 Å². The molecule has 1 aromatic carbocycles. The summed E-state index contributed by atoms with van der Waals surface area (Å²) in [6.07, 6.45) is 0.843. The monoisotopic (exact) mass is 235 g/mol. The smallest absolute Gasteiger partial charge is 0.153 e. The van der Waals surface area contributed by atoms with Gasteiger partial charge in [0, 0.05) is 11.9 Å². The van der Waals surface area contributed by atoms with E-state index in [1.807, 2.05) is 31.4 Å². The number of hydrogen-bond donors (Lipinski definition) is 0. The molecule has 2 aromatic rings. The number of halogens is 1. The second-order valence-corrected chi connectivity index (χ2v) is 4.40. The van der Waals surface area contributed by atoms with Gasteiger partial charge in [0.25, 0.3) is 0 Å². The quantitative estimate of drug-likeness (QED) is 0.727. The highest BCUT2D eigenvalue weighted by Gasteiger charge is 2.15. The molecule has 1 aromatic heterocycles. The fourth-order valence-corrected chi connectivity index (χ4v) is 2.64. The zero-order valence-corrected chi connectivity index (χ0v) is 10.4. The minimum absolute atomic E-state index is 0.543. The van der Waals surface area contributed by atoms with Crippen LogP contribution >= 0.6 is 11.6 Å². The summed E-state index contributed by atoms with van der Waals surface area (Å²) in [4.78, 5) is 11.1. The molecule has 2 rings (SSSR count). The number of fused-ring (bicyclic) bond motifs is 1. The maximum absolute atomic E-state index is 11.1. The van der Waals surface area contributed by atoms with Gasteiger partial charge in [0.1, 0.15) is 5.15 Å². The van der Waals surface area contributed by atoms with Crippen molar-refractivity contribution < 1.29 is 4.79 Å². The molecule has 0 saturated carbocycles. The van der Waals surface area contributed by atoms with Crippen molar-refractivity contribution in [3.63, 3.8) is 0 Å². The van der Waals surface area contributed by atoms with Crippen molar-refractivity contribution in [2.45, 2.75) is 27.3 Å². The van der Waals surface area contributed by atoms with Gasteiger partial charge in [-0.05, 0) is 32.4 Å². The van der Waals surface area contributed by atoms with Crippen molar-refractivity contribution in [1.82, 2.24) is 4.57 Å².